The van der Waals surface area contributed by atoms with Crippen molar-refractivity contribution in [1.29, 1.82) is 0 Å². The quantitative estimate of drug-likeness (QED) is 0.340. The summed E-state index contributed by atoms with van der Waals surface area (Å²) in [4.78, 5) is 7.60. The molecule has 0 aromatic carbocycles. The SMILES string of the molecule is CN=C(NCC(O)c1ccc(Cl)s1)NC1CN(C(C)C)CC1C.I. The smallest absolute Gasteiger partial charge is 0.191 e. The van der Waals surface area contributed by atoms with Crippen LogP contribution in [0.3, 0.4) is 0 Å². The molecule has 5 nitrogen and oxygen atoms in total. The molecule has 3 unspecified atom stereocenters. The van der Waals surface area contributed by atoms with Crippen LogP contribution in [-0.4, -0.2) is 54.7 Å². The largest absolute Gasteiger partial charge is 0.386 e. The van der Waals surface area contributed by atoms with E-state index in [1.807, 2.05) is 6.07 Å². The number of nitrogens with one attached hydrogen (secondary N) is 2. The molecule has 3 atom stereocenters. The van der Waals surface area contributed by atoms with Gasteiger partial charge in [0, 0.05) is 43.6 Å². The first-order chi connectivity index (χ1) is 10.9. The highest BCUT2D eigenvalue weighted by atomic mass is 127. The Morgan fingerprint density at radius 2 is 2.17 bits per heavy atom. The van der Waals surface area contributed by atoms with Gasteiger partial charge in [0.05, 0.1) is 4.34 Å². The lowest BCUT2D eigenvalue weighted by atomic mass is 10.1. The van der Waals surface area contributed by atoms with Crippen LogP contribution in [0, 0.1) is 5.92 Å². The Bertz CT molecular complexity index is 540. The number of aliphatic hydroxyl groups excluding tert-OH is 1. The minimum absolute atomic E-state index is 0. The van der Waals surface area contributed by atoms with Crippen LogP contribution in [0.5, 0.6) is 0 Å². The fourth-order valence-corrected chi connectivity index (χ4v) is 3.83. The normalized spacial score (nSPS) is 23.2. The first-order valence-electron chi connectivity index (χ1n) is 8.05. The van der Waals surface area contributed by atoms with Gasteiger partial charge in [-0.2, -0.15) is 0 Å². The number of hydrogen-bond acceptors (Lipinski definition) is 4. The molecule has 1 aliphatic rings. The minimum Gasteiger partial charge on any atom is -0.386 e. The van der Waals surface area contributed by atoms with E-state index in [1.165, 1.54) is 11.3 Å². The fraction of sp³-hybridized carbons (Fsp3) is 0.688. The van der Waals surface area contributed by atoms with Crippen LogP contribution >= 0.6 is 46.9 Å². The maximum Gasteiger partial charge on any atom is 0.191 e. The summed E-state index contributed by atoms with van der Waals surface area (Å²) < 4.78 is 0.690. The van der Waals surface area contributed by atoms with Gasteiger partial charge in [0.2, 0.25) is 0 Å². The van der Waals surface area contributed by atoms with Crippen LogP contribution in [0.4, 0.5) is 0 Å². The number of rotatable bonds is 5. The summed E-state index contributed by atoms with van der Waals surface area (Å²) in [5.74, 6) is 1.30. The number of thiophene rings is 1. The van der Waals surface area contributed by atoms with Gasteiger partial charge in [-0.3, -0.25) is 9.89 Å². The summed E-state index contributed by atoms with van der Waals surface area (Å²) in [6.45, 7) is 9.24. The van der Waals surface area contributed by atoms with E-state index >= 15 is 0 Å². The van der Waals surface area contributed by atoms with Gasteiger partial charge in [0.15, 0.2) is 5.96 Å². The third-order valence-corrected chi connectivity index (χ3v) is 5.63. The molecule has 1 saturated heterocycles. The van der Waals surface area contributed by atoms with E-state index in [2.05, 4.69) is 41.3 Å². The average molecular weight is 487 g/mol. The van der Waals surface area contributed by atoms with Crippen LogP contribution in [0.25, 0.3) is 0 Å². The second kappa shape index (κ2) is 10.2. The van der Waals surface area contributed by atoms with Gasteiger partial charge in [-0.05, 0) is 31.9 Å². The van der Waals surface area contributed by atoms with Crippen LogP contribution in [0.2, 0.25) is 4.34 Å². The Morgan fingerprint density at radius 3 is 2.67 bits per heavy atom. The van der Waals surface area contributed by atoms with E-state index in [0.29, 0.717) is 28.9 Å². The Labute approximate surface area is 170 Å². The molecule has 0 spiro atoms. The predicted octanol–water partition coefficient (Wildman–Crippen LogP) is 2.95. The monoisotopic (exact) mass is 486 g/mol. The molecule has 1 aromatic heterocycles. The van der Waals surface area contributed by atoms with Crippen molar-refractivity contribution in [2.45, 2.75) is 39.0 Å². The lowest BCUT2D eigenvalue weighted by Gasteiger charge is -2.22. The van der Waals surface area contributed by atoms with Gasteiger partial charge in [-0.1, -0.05) is 18.5 Å². The molecule has 0 radical (unpaired) electrons. The van der Waals surface area contributed by atoms with Crippen LogP contribution in [0.1, 0.15) is 31.8 Å². The number of aliphatic hydroxyl groups is 1. The second-order valence-electron chi connectivity index (χ2n) is 6.39. The zero-order valence-electron chi connectivity index (χ0n) is 14.6. The Morgan fingerprint density at radius 1 is 1.46 bits per heavy atom. The van der Waals surface area contributed by atoms with E-state index in [4.69, 9.17) is 11.6 Å². The van der Waals surface area contributed by atoms with Crippen molar-refractivity contribution in [2.75, 3.05) is 26.7 Å². The molecular weight excluding hydrogens is 459 g/mol. The molecule has 0 saturated carbocycles. The Balaban J connectivity index is 0.00000288. The third-order valence-electron chi connectivity index (χ3n) is 4.30. The van der Waals surface area contributed by atoms with E-state index in [0.717, 1.165) is 23.9 Å². The predicted molar refractivity (Wildman–Crippen MR) is 114 cm³/mol. The maximum atomic E-state index is 10.2. The number of halogens is 2. The number of aliphatic imine (C=N–C) groups is 1. The first-order valence-corrected chi connectivity index (χ1v) is 9.24. The second-order valence-corrected chi connectivity index (χ2v) is 8.13. The van der Waals surface area contributed by atoms with Gasteiger partial charge in [-0.25, -0.2) is 0 Å². The maximum absolute atomic E-state index is 10.2. The van der Waals surface area contributed by atoms with Gasteiger partial charge in [0.1, 0.15) is 6.10 Å². The number of nitrogens with zero attached hydrogens (tertiary/aromatic N) is 2. The minimum atomic E-state index is -0.584. The molecule has 1 aromatic rings. The lowest BCUT2D eigenvalue weighted by molar-refractivity contribution is 0.184. The summed E-state index contributed by atoms with van der Waals surface area (Å²) >= 11 is 7.31. The van der Waals surface area contributed by atoms with Crippen molar-refractivity contribution in [3.05, 3.63) is 21.3 Å². The van der Waals surface area contributed by atoms with Crippen molar-refractivity contribution in [3.8, 4) is 0 Å². The molecule has 0 amide bonds. The molecule has 0 aliphatic carbocycles. The molecule has 138 valence electrons. The summed E-state index contributed by atoms with van der Waals surface area (Å²) in [6.07, 6.45) is -0.584. The van der Waals surface area contributed by atoms with Gasteiger partial charge >= 0.3 is 0 Å². The number of hydrogen-bond donors (Lipinski definition) is 3. The molecule has 1 fully saturated rings. The van der Waals surface area contributed by atoms with Crippen molar-refractivity contribution in [1.82, 2.24) is 15.5 Å². The third kappa shape index (κ3) is 6.01. The van der Waals surface area contributed by atoms with Crippen molar-refractivity contribution >= 4 is 52.9 Å². The lowest BCUT2D eigenvalue weighted by Crippen LogP contribution is -2.47. The Hall–Kier alpha value is -0.0900. The Kier molecular flexibility index (Phi) is 9.29. The van der Waals surface area contributed by atoms with Gasteiger partial charge in [-0.15, -0.1) is 35.3 Å². The first kappa shape index (κ1) is 22.0. The van der Waals surface area contributed by atoms with E-state index in [-0.39, 0.29) is 24.0 Å². The van der Waals surface area contributed by atoms with Crippen LogP contribution < -0.4 is 10.6 Å². The summed E-state index contributed by atoms with van der Waals surface area (Å²) in [7, 11) is 1.75. The van der Waals surface area contributed by atoms with Crippen molar-refractivity contribution < 1.29 is 5.11 Å². The summed E-state index contributed by atoms with van der Waals surface area (Å²) in [5.41, 5.74) is 0. The number of guanidine groups is 1. The number of likely N-dealkylation sites (tertiary alicyclic amines) is 1. The molecule has 3 N–H and O–H groups in total. The summed E-state index contributed by atoms with van der Waals surface area (Å²) in [5, 5.41) is 16.9. The topological polar surface area (TPSA) is 59.9 Å². The van der Waals surface area contributed by atoms with Gasteiger partial charge < -0.3 is 15.7 Å². The molecule has 1 aliphatic heterocycles. The van der Waals surface area contributed by atoms with Crippen molar-refractivity contribution in [2.24, 2.45) is 10.9 Å². The molecule has 24 heavy (non-hydrogen) atoms. The highest BCUT2D eigenvalue weighted by Gasteiger charge is 2.31. The molecule has 8 heteroatoms. The van der Waals surface area contributed by atoms with E-state index in [1.54, 1.807) is 13.1 Å². The van der Waals surface area contributed by atoms with Crippen molar-refractivity contribution in [3.63, 3.8) is 0 Å². The highest BCUT2D eigenvalue weighted by Crippen LogP contribution is 2.26. The van der Waals surface area contributed by atoms with E-state index < -0.39 is 6.10 Å². The highest BCUT2D eigenvalue weighted by molar-refractivity contribution is 14.0. The standard InChI is InChI=1S/C16H27ClN4OS.HI/c1-10(2)21-8-11(3)12(9-21)20-16(18-4)19-7-13(22)14-5-6-15(17)23-14;/h5-6,10-13,22H,7-9H2,1-4H3,(H2,18,19,20);1H. The molecular formula is C16H28ClIN4OS. The summed E-state index contributed by atoms with van der Waals surface area (Å²) in [6, 6.07) is 4.59. The van der Waals surface area contributed by atoms with E-state index in [9.17, 15) is 5.11 Å². The van der Waals surface area contributed by atoms with Gasteiger partial charge in [0.25, 0.3) is 0 Å². The van der Waals surface area contributed by atoms with Crippen LogP contribution in [-0.2, 0) is 0 Å². The molecule has 2 rings (SSSR count). The molecule has 0 bridgehead atoms. The molecule has 2 heterocycles. The zero-order valence-corrected chi connectivity index (χ0v) is 18.5. The average Bonchev–Trinajstić information content (AvgIpc) is 3.09. The zero-order chi connectivity index (χ0) is 17.0. The van der Waals surface area contributed by atoms with Crippen LogP contribution in [0.15, 0.2) is 17.1 Å². The fourth-order valence-electron chi connectivity index (χ4n) is 2.79.